The minimum absolute atomic E-state index is 0.0631. The van der Waals surface area contributed by atoms with Crippen molar-refractivity contribution >= 4 is 40.2 Å². The van der Waals surface area contributed by atoms with Gasteiger partial charge in [-0.25, -0.2) is 9.78 Å². The van der Waals surface area contributed by atoms with Crippen molar-refractivity contribution in [3.05, 3.63) is 56.6 Å². The zero-order chi connectivity index (χ0) is 19.8. The van der Waals surface area contributed by atoms with E-state index in [9.17, 15) is 9.59 Å². The lowest BCUT2D eigenvalue weighted by Gasteiger charge is -2.32. The Kier molecular flexibility index (Phi) is 5.03. The van der Waals surface area contributed by atoms with E-state index in [0.717, 1.165) is 0 Å². The largest absolute Gasteiger partial charge is 0.481 e. The fraction of sp³-hybridized carbons (Fsp3) is 0.316. The van der Waals surface area contributed by atoms with Crippen molar-refractivity contribution in [3.63, 3.8) is 0 Å². The van der Waals surface area contributed by atoms with Gasteiger partial charge in [0, 0.05) is 35.8 Å². The first kappa shape index (κ1) is 18.8. The predicted octanol–water partition coefficient (Wildman–Crippen LogP) is 3.78. The van der Waals surface area contributed by atoms with Gasteiger partial charge in [-0.05, 0) is 37.1 Å². The van der Waals surface area contributed by atoms with E-state index in [1.807, 2.05) is 0 Å². The SMILES string of the molecule is COc1cc(C(=O)N2CCC(n3c(=O)oc4ccc(Cl)cc43)CC2)cc(Cl)n1. The van der Waals surface area contributed by atoms with Crippen molar-refractivity contribution in [2.45, 2.75) is 18.9 Å². The van der Waals surface area contributed by atoms with Crippen LogP contribution in [0.25, 0.3) is 11.1 Å². The van der Waals surface area contributed by atoms with E-state index in [1.165, 1.54) is 13.2 Å². The van der Waals surface area contributed by atoms with Crippen LogP contribution in [0.5, 0.6) is 5.88 Å². The molecule has 28 heavy (non-hydrogen) atoms. The standard InChI is InChI=1S/C19H17Cl2N3O4/c1-27-17-9-11(8-16(21)22-17)18(25)23-6-4-13(5-7-23)24-14-10-12(20)2-3-15(14)28-19(24)26/h2-3,8-10,13H,4-7H2,1H3. The molecule has 1 aromatic carbocycles. The molecule has 1 aliphatic rings. The second-order valence-electron chi connectivity index (χ2n) is 6.59. The van der Waals surface area contributed by atoms with E-state index in [4.69, 9.17) is 32.4 Å². The number of aromatic nitrogens is 2. The average molecular weight is 422 g/mol. The molecule has 0 aliphatic carbocycles. The van der Waals surface area contributed by atoms with Crippen LogP contribution in [0, 0.1) is 0 Å². The number of hydrogen-bond acceptors (Lipinski definition) is 5. The molecule has 2 aromatic heterocycles. The predicted molar refractivity (Wildman–Crippen MR) is 105 cm³/mol. The summed E-state index contributed by atoms with van der Waals surface area (Å²) in [6.45, 7) is 1.01. The third-order valence-corrected chi connectivity index (χ3v) is 5.35. The zero-order valence-electron chi connectivity index (χ0n) is 15.0. The maximum absolute atomic E-state index is 12.8. The number of halogens is 2. The maximum atomic E-state index is 12.8. The van der Waals surface area contributed by atoms with Crippen LogP contribution >= 0.6 is 23.2 Å². The number of amides is 1. The fourth-order valence-electron chi connectivity index (χ4n) is 3.56. The van der Waals surface area contributed by atoms with Gasteiger partial charge in [0.1, 0.15) is 5.15 Å². The first-order valence-corrected chi connectivity index (χ1v) is 9.53. The molecule has 0 unspecified atom stereocenters. The molecule has 0 spiro atoms. The normalized spacial score (nSPS) is 15.2. The van der Waals surface area contributed by atoms with Crippen LogP contribution in [0.3, 0.4) is 0 Å². The van der Waals surface area contributed by atoms with Crippen molar-refractivity contribution in [2.75, 3.05) is 20.2 Å². The molecule has 1 aliphatic heterocycles. The van der Waals surface area contributed by atoms with E-state index in [2.05, 4.69) is 4.98 Å². The van der Waals surface area contributed by atoms with Crippen LogP contribution < -0.4 is 10.5 Å². The molecule has 0 radical (unpaired) electrons. The third-order valence-electron chi connectivity index (χ3n) is 4.92. The Labute approximate surface area is 170 Å². The molecule has 1 amide bonds. The number of likely N-dealkylation sites (tertiary alicyclic amines) is 1. The van der Waals surface area contributed by atoms with Gasteiger partial charge < -0.3 is 14.1 Å². The van der Waals surface area contributed by atoms with E-state index in [0.29, 0.717) is 53.5 Å². The van der Waals surface area contributed by atoms with Gasteiger partial charge in [0.2, 0.25) is 5.88 Å². The molecule has 0 bridgehead atoms. The molecule has 146 valence electrons. The number of hydrogen-bond donors (Lipinski definition) is 0. The van der Waals surface area contributed by atoms with E-state index in [-0.39, 0.29) is 17.1 Å². The van der Waals surface area contributed by atoms with Crippen LogP contribution in [0.4, 0.5) is 0 Å². The Hall–Kier alpha value is -2.51. The number of fused-ring (bicyclic) bond motifs is 1. The minimum Gasteiger partial charge on any atom is -0.481 e. The van der Waals surface area contributed by atoms with Crippen molar-refractivity contribution in [3.8, 4) is 5.88 Å². The van der Waals surface area contributed by atoms with Crippen LogP contribution in [0.15, 0.2) is 39.5 Å². The Morgan fingerprint density at radius 2 is 1.96 bits per heavy atom. The summed E-state index contributed by atoms with van der Waals surface area (Å²) in [4.78, 5) is 30.9. The number of carbonyl (C=O) groups is 1. The Morgan fingerprint density at radius 3 is 2.68 bits per heavy atom. The Bertz CT molecular complexity index is 1100. The molecule has 4 rings (SSSR count). The van der Waals surface area contributed by atoms with Crippen LogP contribution in [-0.4, -0.2) is 40.6 Å². The summed E-state index contributed by atoms with van der Waals surface area (Å²) in [5.41, 5.74) is 1.60. The summed E-state index contributed by atoms with van der Waals surface area (Å²) in [6, 6.07) is 8.13. The van der Waals surface area contributed by atoms with Crippen molar-refractivity contribution in [1.29, 1.82) is 0 Å². The number of rotatable bonds is 3. The van der Waals surface area contributed by atoms with Crippen LogP contribution in [-0.2, 0) is 0 Å². The summed E-state index contributed by atoms with van der Waals surface area (Å²) in [5, 5.41) is 0.740. The van der Waals surface area contributed by atoms with Gasteiger partial charge in [-0.1, -0.05) is 23.2 Å². The number of nitrogens with zero attached hydrogens (tertiary/aromatic N) is 3. The highest BCUT2D eigenvalue weighted by Crippen LogP contribution is 2.28. The van der Waals surface area contributed by atoms with Gasteiger partial charge in [0.25, 0.3) is 5.91 Å². The molecule has 3 aromatic rings. The van der Waals surface area contributed by atoms with E-state index >= 15 is 0 Å². The van der Waals surface area contributed by atoms with Crippen molar-refractivity contribution in [1.82, 2.24) is 14.5 Å². The van der Waals surface area contributed by atoms with Gasteiger partial charge in [-0.15, -0.1) is 0 Å². The second-order valence-corrected chi connectivity index (χ2v) is 7.42. The second kappa shape index (κ2) is 7.48. The van der Waals surface area contributed by atoms with Crippen molar-refractivity contribution in [2.24, 2.45) is 0 Å². The highest BCUT2D eigenvalue weighted by molar-refractivity contribution is 6.31. The highest BCUT2D eigenvalue weighted by Gasteiger charge is 2.28. The molecule has 0 N–H and O–H groups in total. The lowest BCUT2D eigenvalue weighted by molar-refractivity contribution is 0.0693. The summed E-state index contributed by atoms with van der Waals surface area (Å²) in [6.07, 6.45) is 1.26. The molecular formula is C19H17Cl2N3O4. The quantitative estimate of drug-likeness (QED) is 0.601. The Morgan fingerprint density at radius 1 is 1.21 bits per heavy atom. The van der Waals surface area contributed by atoms with E-state index in [1.54, 1.807) is 33.7 Å². The molecule has 7 nitrogen and oxygen atoms in total. The third kappa shape index (κ3) is 3.47. The lowest BCUT2D eigenvalue weighted by atomic mass is 10.0. The van der Waals surface area contributed by atoms with Gasteiger partial charge in [-0.2, -0.15) is 0 Å². The maximum Gasteiger partial charge on any atom is 0.420 e. The van der Waals surface area contributed by atoms with Gasteiger partial charge >= 0.3 is 5.76 Å². The van der Waals surface area contributed by atoms with Gasteiger partial charge in [0.05, 0.1) is 12.6 Å². The van der Waals surface area contributed by atoms with Gasteiger partial charge in [-0.3, -0.25) is 9.36 Å². The van der Waals surface area contributed by atoms with Crippen LogP contribution in [0.2, 0.25) is 10.2 Å². The number of piperidine rings is 1. The molecule has 0 saturated carbocycles. The monoisotopic (exact) mass is 421 g/mol. The number of benzene rings is 1. The molecule has 9 heteroatoms. The molecule has 1 saturated heterocycles. The summed E-state index contributed by atoms with van der Waals surface area (Å²) in [5.74, 6) is -0.264. The molecule has 3 heterocycles. The Balaban J connectivity index is 1.53. The number of carbonyl (C=O) groups excluding carboxylic acids is 1. The fourth-order valence-corrected chi connectivity index (χ4v) is 3.93. The van der Waals surface area contributed by atoms with Gasteiger partial charge in [0.15, 0.2) is 5.58 Å². The number of ether oxygens (including phenoxy) is 1. The van der Waals surface area contributed by atoms with Crippen LogP contribution in [0.1, 0.15) is 29.2 Å². The first-order chi connectivity index (χ1) is 13.5. The zero-order valence-corrected chi connectivity index (χ0v) is 16.5. The minimum atomic E-state index is -0.410. The summed E-state index contributed by atoms with van der Waals surface area (Å²) in [7, 11) is 1.47. The number of methoxy groups -OCH3 is 1. The number of pyridine rings is 1. The first-order valence-electron chi connectivity index (χ1n) is 8.77. The summed E-state index contributed by atoms with van der Waals surface area (Å²) >= 11 is 12.0. The average Bonchev–Trinajstić information content (AvgIpc) is 3.02. The molecular weight excluding hydrogens is 405 g/mol. The highest BCUT2D eigenvalue weighted by atomic mass is 35.5. The topological polar surface area (TPSA) is 77.6 Å². The summed E-state index contributed by atoms with van der Waals surface area (Å²) < 4.78 is 12.0. The smallest absolute Gasteiger partial charge is 0.420 e. The van der Waals surface area contributed by atoms with Crippen molar-refractivity contribution < 1.29 is 13.9 Å². The molecule has 1 fully saturated rings. The molecule has 0 atom stereocenters. The van der Waals surface area contributed by atoms with E-state index < -0.39 is 5.76 Å². The number of oxazole rings is 1. The lowest BCUT2D eigenvalue weighted by Crippen LogP contribution is -2.40.